The van der Waals surface area contributed by atoms with Crippen LogP contribution in [0.3, 0.4) is 0 Å². The van der Waals surface area contributed by atoms with Gasteiger partial charge in [-0.1, -0.05) is 0 Å². The molecule has 1 unspecified atom stereocenters. The molecule has 0 spiro atoms. The Morgan fingerprint density at radius 3 is 2.79 bits per heavy atom. The molecular formula is C20H25ClN6O2. The SMILES string of the molecule is COc1ccc(-n2cc(C(C)NC(=O)c3cn4c(n3)CCNCC4)cn2)cc1.Cl. The minimum absolute atomic E-state index is 0. The Morgan fingerprint density at radius 1 is 1.24 bits per heavy atom. The number of imidazole rings is 1. The zero-order chi connectivity index (χ0) is 19.5. The molecule has 0 aliphatic carbocycles. The van der Waals surface area contributed by atoms with Crippen molar-refractivity contribution < 1.29 is 9.53 Å². The summed E-state index contributed by atoms with van der Waals surface area (Å²) < 4.78 is 9.02. The van der Waals surface area contributed by atoms with Gasteiger partial charge in [0, 0.05) is 44.0 Å². The van der Waals surface area contributed by atoms with Crippen LogP contribution < -0.4 is 15.4 Å². The Balaban J connectivity index is 0.00000240. The second kappa shape index (κ2) is 9.11. The fourth-order valence-corrected chi connectivity index (χ4v) is 3.27. The highest BCUT2D eigenvalue weighted by Gasteiger charge is 2.18. The first kappa shape index (κ1) is 20.9. The van der Waals surface area contributed by atoms with E-state index >= 15 is 0 Å². The molecule has 29 heavy (non-hydrogen) atoms. The zero-order valence-electron chi connectivity index (χ0n) is 16.5. The van der Waals surface area contributed by atoms with E-state index in [4.69, 9.17) is 4.74 Å². The molecule has 1 aromatic carbocycles. The fraction of sp³-hybridized carbons (Fsp3) is 0.350. The summed E-state index contributed by atoms with van der Waals surface area (Å²) in [7, 11) is 1.64. The zero-order valence-corrected chi connectivity index (χ0v) is 17.3. The molecule has 0 saturated heterocycles. The minimum Gasteiger partial charge on any atom is -0.497 e. The molecule has 0 radical (unpaired) electrons. The summed E-state index contributed by atoms with van der Waals surface area (Å²) in [6, 6.07) is 7.47. The van der Waals surface area contributed by atoms with E-state index in [2.05, 4.69) is 25.3 Å². The van der Waals surface area contributed by atoms with Gasteiger partial charge in [0.05, 0.1) is 25.0 Å². The summed E-state index contributed by atoms with van der Waals surface area (Å²) in [6.07, 6.45) is 6.35. The number of nitrogens with zero attached hydrogens (tertiary/aromatic N) is 4. The van der Waals surface area contributed by atoms with Crippen molar-refractivity contribution in [2.45, 2.75) is 25.9 Å². The number of hydrogen-bond donors (Lipinski definition) is 2. The van der Waals surface area contributed by atoms with Crippen LogP contribution in [-0.2, 0) is 13.0 Å². The van der Waals surface area contributed by atoms with Crippen molar-refractivity contribution in [2.24, 2.45) is 0 Å². The molecule has 2 aromatic heterocycles. The lowest BCUT2D eigenvalue weighted by Gasteiger charge is -2.11. The molecule has 9 heteroatoms. The Morgan fingerprint density at radius 2 is 2.03 bits per heavy atom. The predicted octanol–water partition coefficient (Wildman–Crippen LogP) is 2.14. The van der Waals surface area contributed by atoms with Crippen LogP contribution in [0.2, 0.25) is 0 Å². The highest BCUT2D eigenvalue weighted by atomic mass is 35.5. The Labute approximate surface area is 175 Å². The van der Waals surface area contributed by atoms with E-state index in [9.17, 15) is 4.79 Å². The topological polar surface area (TPSA) is 86.0 Å². The standard InChI is InChI=1S/C20H24N6O2.ClH/c1-14(15-11-22-26(12-15)16-3-5-17(28-2)6-4-16)23-20(27)18-13-25-10-9-21-8-7-19(25)24-18;/h3-6,11-14,21H,7-10H2,1-2H3,(H,23,27);1H. The molecule has 1 atom stereocenters. The van der Waals surface area contributed by atoms with Crippen molar-refractivity contribution in [3.63, 3.8) is 0 Å². The normalized spacial score (nSPS) is 14.3. The van der Waals surface area contributed by atoms with Crippen LogP contribution >= 0.6 is 12.4 Å². The summed E-state index contributed by atoms with van der Waals surface area (Å²) in [6.45, 7) is 4.56. The monoisotopic (exact) mass is 416 g/mol. The number of benzene rings is 1. The first-order valence-electron chi connectivity index (χ1n) is 9.40. The number of carbonyl (C=O) groups excluding carboxylic acids is 1. The van der Waals surface area contributed by atoms with Gasteiger partial charge in [-0.2, -0.15) is 5.10 Å². The van der Waals surface area contributed by atoms with Crippen molar-refractivity contribution in [3.05, 3.63) is 59.9 Å². The molecule has 0 bridgehead atoms. The number of aromatic nitrogens is 4. The summed E-state index contributed by atoms with van der Waals surface area (Å²) in [5.74, 6) is 1.58. The fourth-order valence-electron chi connectivity index (χ4n) is 3.27. The van der Waals surface area contributed by atoms with Crippen LogP contribution in [0.5, 0.6) is 5.75 Å². The van der Waals surface area contributed by atoms with Gasteiger partial charge in [0.1, 0.15) is 17.3 Å². The molecule has 1 aliphatic rings. The van der Waals surface area contributed by atoms with Gasteiger partial charge in [0.15, 0.2) is 0 Å². The third-order valence-electron chi connectivity index (χ3n) is 4.93. The van der Waals surface area contributed by atoms with Gasteiger partial charge in [0.25, 0.3) is 5.91 Å². The number of methoxy groups -OCH3 is 1. The average Bonchev–Trinajstić information content (AvgIpc) is 3.31. The molecule has 3 heterocycles. The van der Waals surface area contributed by atoms with Crippen molar-refractivity contribution in [2.75, 3.05) is 20.2 Å². The summed E-state index contributed by atoms with van der Waals surface area (Å²) in [5, 5.41) is 10.7. The molecular weight excluding hydrogens is 392 g/mol. The van der Waals surface area contributed by atoms with Crippen molar-refractivity contribution in [3.8, 4) is 11.4 Å². The van der Waals surface area contributed by atoms with E-state index in [-0.39, 0.29) is 24.4 Å². The van der Waals surface area contributed by atoms with Gasteiger partial charge < -0.3 is 19.9 Å². The number of nitrogens with one attached hydrogen (secondary N) is 2. The Kier molecular flexibility index (Phi) is 6.56. The van der Waals surface area contributed by atoms with Crippen LogP contribution in [0, 0.1) is 0 Å². The molecule has 0 fully saturated rings. The van der Waals surface area contributed by atoms with E-state index in [1.54, 1.807) is 18.0 Å². The summed E-state index contributed by atoms with van der Waals surface area (Å²) in [5.41, 5.74) is 2.32. The molecule has 1 aliphatic heterocycles. The lowest BCUT2D eigenvalue weighted by atomic mass is 10.2. The predicted molar refractivity (Wildman–Crippen MR) is 112 cm³/mol. The van der Waals surface area contributed by atoms with Crippen LogP contribution in [0.4, 0.5) is 0 Å². The van der Waals surface area contributed by atoms with Gasteiger partial charge >= 0.3 is 0 Å². The first-order chi connectivity index (χ1) is 13.6. The largest absolute Gasteiger partial charge is 0.497 e. The van der Waals surface area contributed by atoms with Gasteiger partial charge in [-0.25, -0.2) is 9.67 Å². The number of carbonyl (C=O) groups is 1. The third kappa shape index (κ3) is 4.60. The van der Waals surface area contributed by atoms with Gasteiger partial charge in [-0.05, 0) is 31.2 Å². The van der Waals surface area contributed by atoms with Gasteiger partial charge in [0.2, 0.25) is 0 Å². The molecule has 8 nitrogen and oxygen atoms in total. The molecule has 1 amide bonds. The van der Waals surface area contributed by atoms with E-state index in [0.29, 0.717) is 5.69 Å². The smallest absolute Gasteiger partial charge is 0.271 e. The van der Waals surface area contributed by atoms with Crippen molar-refractivity contribution in [1.82, 2.24) is 30.0 Å². The number of amides is 1. The maximum Gasteiger partial charge on any atom is 0.271 e. The third-order valence-corrected chi connectivity index (χ3v) is 4.93. The number of halogens is 1. The summed E-state index contributed by atoms with van der Waals surface area (Å²) in [4.78, 5) is 17.1. The van der Waals surface area contributed by atoms with Crippen LogP contribution in [0.25, 0.3) is 5.69 Å². The van der Waals surface area contributed by atoms with Crippen LogP contribution in [-0.4, -0.2) is 45.4 Å². The molecule has 0 saturated carbocycles. The Hall–Kier alpha value is -2.84. The lowest BCUT2D eigenvalue weighted by Crippen LogP contribution is -2.27. The van der Waals surface area contributed by atoms with Gasteiger partial charge in [-0.15, -0.1) is 12.4 Å². The highest BCUT2D eigenvalue weighted by molar-refractivity contribution is 5.92. The Bertz CT molecular complexity index is 942. The van der Waals surface area contributed by atoms with E-state index < -0.39 is 0 Å². The molecule has 2 N–H and O–H groups in total. The molecule has 3 aromatic rings. The minimum atomic E-state index is -0.178. The maximum absolute atomic E-state index is 12.6. The van der Waals surface area contributed by atoms with Gasteiger partial charge in [-0.3, -0.25) is 4.79 Å². The van der Waals surface area contributed by atoms with E-state index in [1.165, 1.54) is 0 Å². The summed E-state index contributed by atoms with van der Waals surface area (Å²) >= 11 is 0. The molecule has 4 rings (SSSR count). The van der Waals surface area contributed by atoms with Crippen LogP contribution in [0.1, 0.15) is 34.8 Å². The maximum atomic E-state index is 12.6. The van der Waals surface area contributed by atoms with E-state index in [1.807, 2.05) is 43.6 Å². The number of rotatable bonds is 5. The van der Waals surface area contributed by atoms with E-state index in [0.717, 1.165) is 48.9 Å². The molecule has 154 valence electrons. The second-order valence-corrected chi connectivity index (χ2v) is 6.85. The average molecular weight is 417 g/mol. The van der Waals surface area contributed by atoms with Crippen molar-refractivity contribution in [1.29, 1.82) is 0 Å². The number of fused-ring (bicyclic) bond motifs is 1. The second-order valence-electron chi connectivity index (χ2n) is 6.85. The first-order valence-corrected chi connectivity index (χ1v) is 9.40. The number of ether oxygens (including phenoxy) is 1. The van der Waals surface area contributed by atoms with Crippen molar-refractivity contribution >= 4 is 18.3 Å². The van der Waals surface area contributed by atoms with Crippen LogP contribution in [0.15, 0.2) is 42.9 Å². The lowest BCUT2D eigenvalue weighted by molar-refractivity contribution is 0.0935. The quantitative estimate of drug-likeness (QED) is 0.665. The highest BCUT2D eigenvalue weighted by Crippen LogP contribution is 2.18. The number of hydrogen-bond acceptors (Lipinski definition) is 5.